The normalized spacial score (nSPS) is 35.1. The largest absolute Gasteiger partial charge is 0.396 e. The van der Waals surface area contributed by atoms with E-state index in [9.17, 15) is 19.5 Å². The van der Waals surface area contributed by atoms with E-state index in [1.165, 1.54) is 0 Å². The van der Waals surface area contributed by atoms with Crippen LogP contribution in [-0.4, -0.2) is 64.9 Å². The SMILES string of the molecule is O=C1CCC(N2CC3C=C(N4CC[C@H](CO)C4)C=CC3C2=O)C(=O)N1. The lowest BCUT2D eigenvalue weighted by Gasteiger charge is -2.29. The fourth-order valence-corrected chi connectivity index (χ4v) is 4.35. The number of imide groups is 1. The first-order chi connectivity index (χ1) is 12.1. The Morgan fingerprint density at radius 2 is 2.04 bits per heavy atom. The van der Waals surface area contributed by atoms with E-state index in [1.807, 2.05) is 12.2 Å². The monoisotopic (exact) mass is 345 g/mol. The second kappa shape index (κ2) is 6.29. The van der Waals surface area contributed by atoms with Crippen LogP contribution in [0.25, 0.3) is 0 Å². The molecule has 0 saturated carbocycles. The first-order valence-electron chi connectivity index (χ1n) is 8.97. The number of hydrogen-bond donors (Lipinski definition) is 2. The van der Waals surface area contributed by atoms with Gasteiger partial charge in [-0.25, -0.2) is 0 Å². The van der Waals surface area contributed by atoms with Crippen LogP contribution in [0.5, 0.6) is 0 Å². The summed E-state index contributed by atoms with van der Waals surface area (Å²) in [6.07, 6.45) is 7.74. The molecule has 3 amide bonds. The summed E-state index contributed by atoms with van der Waals surface area (Å²) in [5, 5.41) is 11.6. The van der Waals surface area contributed by atoms with Gasteiger partial charge in [-0.2, -0.15) is 0 Å². The molecule has 25 heavy (non-hydrogen) atoms. The Bertz CT molecular complexity index is 671. The van der Waals surface area contributed by atoms with Crippen molar-refractivity contribution in [1.29, 1.82) is 0 Å². The van der Waals surface area contributed by atoms with Crippen molar-refractivity contribution in [2.45, 2.75) is 25.3 Å². The van der Waals surface area contributed by atoms with Gasteiger partial charge in [0.2, 0.25) is 17.7 Å². The van der Waals surface area contributed by atoms with Crippen LogP contribution in [-0.2, 0) is 14.4 Å². The molecule has 3 unspecified atom stereocenters. The van der Waals surface area contributed by atoms with E-state index < -0.39 is 6.04 Å². The van der Waals surface area contributed by atoms with Gasteiger partial charge in [0.25, 0.3) is 0 Å². The minimum atomic E-state index is -0.536. The Morgan fingerprint density at radius 1 is 1.20 bits per heavy atom. The quantitative estimate of drug-likeness (QED) is 0.682. The molecular weight excluding hydrogens is 322 g/mol. The smallest absolute Gasteiger partial charge is 0.249 e. The summed E-state index contributed by atoms with van der Waals surface area (Å²) < 4.78 is 0. The summed E-state index contributed by atoms with van der Waals surface area (Å²) in [5.41, 5.74) is 1.11. The van der Waals surface area contributed by atoms with E-state index in [1.54, 1.807) is 4.90 Å². The van der Waals surface area contributed by atoms with Gasteiger partial charge in [0.05, 0.1) is 5.92 Å². The molecule has 0 aromatic heterocycles. The molecule has 0 aromatic carbocycles. The lowest BCUT2D eigenvalue weighted by molar-refractivity contribution is -0.144. The molecular formula is C18H23N3O4. The maximum Gasteiger partial charge on any atom is 0.249 e. The highest BCUT2D eigenvalue weighted by Crippen LogP contribution is 2.36. The molecule has 7 heteroatoms. The van der Waals surface area contributed by atoms with Gasteiger partial charge in [-0.1, -0.05) is 12.2 Å². The number of nitrogens with zero attached hydrogens (tertiary/aromatic N) is 2. The van der Waals surface area contributed by atoms with Crippen molar-refractivity contribution in [3.05, 3.63) is 23.9 Å². The summed E-state index contributed by atoms with van der Waals surface area (Å²) >= 11 is 0. The van der Waals surface area contributed by atoms with Gasteiger partial charge in [-0.05, 0) is 18.9 Å². The fourth-order valence-electron chi connectivity index (χ4n) is 4.35. The van der Waals surface area contributed by atoms with Gasteiger partial charge in [-0.3, -0.25) is 19.7 Å². The fraction of sp³-hybridized carbons (Fsp3) is 0.611. The van der Waals surface area contributed by atoms with Gasteiger partial charge < -0.3 is 14.9 Å². The Balaban J connectivity index is 1.48. The van der Waals surface area contributed by atoms with Gasteiger partial charge >= 0.3 is 0 Å². The highest BCUT2D eigenvalue weighted by atomic mass is 16.3. The predicted molar refractivity (Wildman–Crippen MR) is 88.9 cm³/mol. The van der Waals surface area contributed by atoms with Crippen molar-refractivity contribution in [3.8, 4) is 0 Å². The number of amides is 3. The van der Waals surface area contributed by atoms with Crippen molar-refractivity contribution < 1.29 is 19.5 Å². The van der Waals surface area contributed by atoms with Crippen LogP contribution in [0.2, 0.25) is 0 Å². The third-order valence-electron chi connectivity index (χ3n) is 5.79. The van der Waals surface area contributed by atoms with E-state index in [0.29, 0.717) is 18.9 Å². The number of fused-ring (bicyclic) bond motifs is 1. The number of carbonyl (C=O) groups excluding carboxylic acids is 3. The summed E-state index contributed by atoms with van der Waals surface area (Å²) in [6, 6.07) is -0.536. The standard InChI is InChI=1S/C18H23N3O4/c22-10-11-5-6-20(8-11)13-1-2-14-12(7-13)9-21(18(14)25)15-3-4-16(23)19-17(15)24/h1-2,7,11-12,14-15,22H,3-6,8-10H2,(H,19,23,24)/t11-,12?,14?,15?/m0/s1. The molecule has 0 spiro atoms. The van der Waals surface area contributed by atoms with Crippen LogP contribution in [0.3, 0.4) is 0 Å². The lowest BCUT2D eigenvalue weighted by atomic mass is 9.90. The van der Waals surface area contributed by atoms with Crippen molar-refractivity contribution >= 4 is 17.7 Å². The summed E-state index contributed by atoms with van der Waals surface area (Å²) in [5.74, 6) is -0.490. The number of likely N-dealkylation sites (tertiary alicyclic amines) is 2. The Morgan fingerprint density at radius 3 is 2.76 bits per heavy atom. The average molecular weight is 345 g/mol. The molecule has 0 aromatic rings. The number of allylic oxidation sites excluding steroid dienone is 1. The maximum absolute atomic E-state index is 12.7. The molecule has 134 valence electrons. The van der Waals surface area contributed by atoms with Crippen LogP contribution < -0.4 is 5.32 Å². The van der Waals surface area contributed by atoms with Crippen LogP contribution in [0.1, 0.15) is 19.3 Å². The van der Waals surface area contributed by atoms with Gasteiger partial charge in [-0.15, -0.1) is 0 Å². The molecule has 4 rings (SSSR count). The molecule has 0 radical (unpaired) electrons. The minimum Gasteiger partial charge on any atom is -0.396 e. The zero-order chi connectivity index (χ0) is 17.6. The lowest BCUT2D eigenvalue weighted by Crippen LogP contribution is -2.53. The third-order valence-corrected chi connectivity index (χ3v) is 5.79. The summed E-state index contributed by atoms with van der Waals surface area (Å²) in [7, 11) is 0. The number of piperidine rings is 1. The molecule has 3 aliphatic heterocycles. The molecule has 3 fully saturated rings. The van der Waals surface area contributed by atoms with Crippen LogP contribution >= 0.6 is 0 Å². The second-order valence-electron chi connectivity index (χ2n) is 7.38. The molecule has 3 saturated heterocycles. The highest BCUT2D eigenvalue weighted by molar-refractivity contribution is 6.02. The molecule has 7 nitrogen and oxygen atoms in total. The van der Waals surface area contributed by atoms with Crippen molar-refractivity contribution in [3.63, 3.8) is 0 Å². The highest BCUT2D eigenvalue weighted by Gasteiger charge is 2.45. The number of hydrogen-bond acceptors (Lipinski definition) is 5. The number of nitrogens with one attached hydrogen (secondary N) is 1. The average Bonchev–Trinajstić information content (AvgIpc) is 3.20. The molecule has 4 aliphatic rings. The molecule has 1 aliphatic carbocycles. The van der Waals surface area contributed by atoms with E-state index in [0.717, 1.165) is 25.2 Å². The van der Waals surface area contributed by atoms with Crippen LogP contribution in [0, 0.1) is 17.8 Å². The van der Waals surface area contributed by atoms with Crippen LogP contribution in [0.4, 0.5) is 0 Å². The zero-order valence-corrected chi connectivity index (χ0v) is 14.1. The molecule has 4 atom stereocenters. The summed E-state index contributed by atoms with van der Waals surface area (Å²) in [6.45, 7) is 2.49. The molecule has 0 bridgehead atoms. The number of aliphatic hydroxyl groups is 1. The van der Waals surface area contributed by atoms with Crippen molar-refractivity contribution in [2.24, 2.45) is 17.8 Å². The van der Waals surface area contributed by atoms with Gasteiger partial charge in [0.15, 0.2) is 0 Å². The number of carbonyl (C=O) groups is 3. The van der Waals surface area contributed by atoms with Crippen LogP contribution in [0.15, 0.2) is 23.9 Å². The molecule has 2 N–H and O–H groups in total. The zero-order valence-electron chi connectivity index (χ0n) is 14.1. The third kappa shape index (κ3) is 2.86. The maximum atomic E-state index is 12.7. The Labute approximate surface area is 146 Å². The second-order valence-corrected chi connectivity index (χ2v) is 7.38. The van der Waals surface area contributed by atoms with Gasteiger partial charge in [0, 0.05) is 50.2 Å². The van der Waals surface area contributed by atoms with Gasteiger partial charge in [0.1, 0.15) is 6.04 Å². The van der Waals surface area contributed by atoms with E-state index >= 15 is 0 Å². The summed E-state index contributed by atoms with van der Waals surface area (Å²) in [4.78, 5) is 40.0. The predicted octanol–water partition coefficient (Wildman–Crippen LogP) is -0.366. The minimum absolute atomic E-state index is 0.0271. The van der Waals surface area contributed by atoms with Crippen molar-refractivity contribution in [2.75, 3.05) is 26.2 Å². The topological polar surface area (TPSA) is 90.0 Å². The Kier molecular flexibility index (Phi) is 4.11. The number of aliphatic hydroxyl groups excluding tert-OH is 1. The first kappa shape index (κ1) is 16.3. The van der Waals surface area contributed by atoms with E-state index in [2.05, 4.69) is 16.3 Å². The van der Waals surface area contributed by atoms with E-state index in [4.69, 9.17) is 0 Å². The van der Waals surface area contributed by atoms with Crippen molar-refractivity contribution in [1.82, 2.24) is 15.1 Å². The molecule has 3 heterocycles. The van der Waals surface area contributed by atoms with E-state index in [-0.39, 0.29) is 42.6 Å². The number of rotatable bonds is 3. The Hall–Kier alpha value is -2.15. The first-order valence-corrected chi connectivity index (χ1v) is 8.97.